The number of nitrogens with one attached hydrogen (secondary N) is 2. The second-order valence-corrected chi connectivity index (χ2v) is 10.4. The lowest BCUT2D eigenvalue weighted by Gasteiger charge is -2.32. The maximum Gasteiger partial charge on any atom is 0.223 e. The van der Waals surface area contributed by atoms with Gasteiger partial charge in [-0.2, -0.15) is 0 Å². The Labute approximate surface area is 250 Å². The number of anilines is 2. The molecule has 3 aromatic rings. The van der Waals surface area contributed by atoms with E-state index in [2.05, 4.69) is 45.0 Å². The topological polar surface area (TPSA) is 106 Å². The summed E-state index contributed by atoms with van der Waals surface area (Å²) in [6, 6.07) is 8.70. The molecule has 1 aliphatic heterocycles. The maximum atomic E-state index is 10.4. The minimum absolute atomic E-state index is 0.286. The van der Waals surface area contributed by atoms with Gasteiger partial charge in [0.2, 0.25) is 5.95 Å². The Morgan fingerprint density at radius 1 is 1.32 bits per heavy atom. The van der Waals surface area contributed by atoms with Gasteiger partial charge in [-0.1, -0.05) is 56.3 Å². The molecule has 0 amide bonds. The van der Waals surface area contributed by atoms with E-state index in [-0.39, 0.29) is 6.04 Å². The Bertz CT molecular complexity index is 1270. The Balaban J connectivity index is 0.00000226. The molecule has 0 saturated carbocycles. The van der Waals surface area contributed by atoms with Crippen LogP contribution < -0.4 is 16.0 Å². The minimum atomic E-state index is -0.531. The number of hydrogen-bond donors (Lipinski definition) is 4. The number of allylic oxidation sites excluding steroid dienone is 1. The Hall–Kier alpha value is -3.17. The number of aliphatic hydroxyl groups is 1. The maximum absolute atomic E-state index is 10.4. The van der Waals surface area contributed by atoms with Crippen LogP contribution >= 0.6 is 11.6 Å². The van der Waals surface area contributed by atoms with Gasteiger partial charge in [-0.05, 0) is 62.9 Å². The first-order chi connectivity index (χ1) is 19.9. The molecule has 1 aromatic carbocycles. The summed E-state index contributed by atoms with van der Waals surface area (Å²) in [4.78, 5) is 16.9. The van der Waals surface area contributed by atoms with Gasteiger partial charge in [0.25, 0.3) is 0 Å². The van der Waals surface area contributed by atoms with Crippen molar-refractivity contribution in [2.75, 3.05) is 36.9 Å². The van der Waals surface area contributed by atoms with Crippen LogP contribution in [0.3, 0.4) is 0 Å². The number of halogens is 1. The number of aromatic nitrogens is 3. The van der Waals surface area contributed by atoms with E-state index >= 15 is 0 Å². The number of nitrogens with zero attached hydrogens (tertiary/aromatic N) is 4. The van der Waals surface area contributed by atoms with Crippen molar-refractivity contribution in [3.63, 3.8) is 0 Å². The van der Waals surface area contributed by atoms with Crippen LogP contribution in [0.1, 0.15) is 63.3 Å². The first-order valence-corrected chi connectivity index (χ1v) is 15.0. The van der Waals surface area contributed by atoms with E-state index in [9.17, 15) is 5.11 Å². The van der Waals surface area contributed by atoms with Crippen molar-refractivity contribution in [2.24, 2.45) is 5.73 Å². The second kappa shape index (κ2) is 16.3. The smallest absolute Gasteiger partial charge is 0.223 e. The van der Waals surface area contributed by atoms with Gasteiger partial charge >= 0.3 is 0 Å². The first kappa shape index (κ1) is 32.3. The van der Waals surface area contributed by atoms with Crippen molar-refractivity contribution >= 4 is 35.4 Å². The van der Waals surface area contributed by atoms with E-state index in [1.54, 1.807) is 6.20 Å². The normalized spacial score (nSPS) is 14.9. The third-order valence-corrected chi connectivity index (χ3v) is 7.52. The number of H-pyrrole nitrogens is 1. The van der Waals surface area contributed by atoms with Crippen molar-refractivity contribution in [1.82, 2.24) is 19.9 Å². The number of nitrogens with two attached hydrogens (primary N) is 1. The standard InChI is InChI=1S/C30H40ClN7O.C2H6/c1-4-8-27-24(5-2)25(18-33-27)29-26(31)19-34-30(36-29)35-22-12-15-38(16-13-22)20-21-9-6-10-23(17-21)37(3)28(39)11-7-14-32;1-2/h4-6,8-10,17-19,22,28,33,39H,2,7,11-16,20,32H2,1,3H3,(H,34,35,36);1-2H3/b8-4-;. The Kier molecular flexibility index (Phi) is 12.9. The molecular formula is C32H46ClN7O. The number of likely N-dealkylation sites (tertiary alicyclic amines) is 1. The molecule has 0 radical (unpaired) electrons. The molecule has 1 atom stereocenters. The lowest BCUT2D eigenvalue weighted by molar-refractivity contribution is 0.163. The number of piperidine rings is 1. The summed E-state index contributed by atoms with van der Waals surface area (Å²) < 4.78 is 0. The largest absolute Gasteiger partial charge is 0.374 e. The molecule has 41 heavy (non-hydrogen) atoms. The van der Waals surface area contributed by atoms with Crippen LogP contribution in [0.4, 0.5) is 11.6 Å². The van der Waals surface area contributed by atoms with Gasteiger partial charge in [-0.25, -0.2) is 9.97 Å². The molecule has 222 valence electrons. The Morgan fingerprint density at radius 2 is 2.07 bits per heavy atom. The van der Waals surface area contributed by atoms with Gasteiger partial charge < -0.3 is 26.0 Å². The first-order valence-electron chi connectivity index (χ1n) is 14.6. The van der Waals surface area contributed by atoms with Crippen LogP contribution in [0.15, 0.2) is 49.3 Å². The molecule has 3 heterocycles. The van der Waals surface area contributed by atoms with Gasteiger partial charge in [-0.15, -0.1) is 0 Å². The fourth-order valence-corrected chi connectivity index (χ4v) is 5.21. The van der Waals surface area contributed by atoms with Crippen LogP contribution in [-0.4, -0.2) is 63.9 Å². The van der Waals surface area contributed by atoms with E-state index in [0.717, 1.165) is 61.4 Å². The summed E-state index contributed by atoms with van der Waals surface area (Å²) in [5, 5.41) is 14.5. The highest BCUT2D eigenvalue weighted by Gasteiger charge is 2.22. The average Bonchev–Trinajstić information content (AvgIpc) is 3.41. The fourth-order valence-electron chi connectivity index (χ4n) is 5.01. The van der Waals surface area contributed by atoms with Gasteiger partial charge in [0.15, 0.2) is 0 Å². The van der Waals surface area contributed by atoms with Crippen LogP contribution in [0.5, 0.6) is 0 Å². The van der Waals surface area contributed by atoms with Crippen molar-refractivity contribution in [2.45, 2.75) is 65.3 Å². The number of aliphatic hydroxyl groups excluding tert-OH is 1. The van der Waals surface area contributed by atoms with E-state index in [0.29, 0.717) is 29.6 Å². The lowest BCUT2D eigenvalue weighted by Crippen LogP contribution is -2.39. The highest BCUT2D eigenvalue weighted by Crippen LogP contribution is 2.32. The third kappa shape index (κ3) is 8.66. The van der Waals surface area contributed by atoms with Crippen molar-refractivity contribution in [3.05, 3.63) is 71.2 Å². The molecule has 1 saturated heterocycles. The molecule has 1 aliphatic rings. The lowest BCUT2D eigenvalue weighted by atomic mass is 10.0. The molecule has 0 bridgehead atoms. The second-order valence-electron chi connectivity index (χ2n) is 10.0. The quantitative estimate of drug-likeness (QED) is 0.184. The molecule has 9 heteroatoms. The molecular weight excluding hydrogens is 534 g/mol. The summed E-state index contributed by atoms with van der Waals surface area (Å²) in [5.74, 6) is 0.584. The molecule has 4 rings (SSSR count). The van der Waals surface area contributed by atoms with E-state index < -0.39 is 6.23 Å². The van der Waals surface area contributed by atoms with E-state index in [1.807, 2.05) is 63.2 Å². The summed E-state index contributed by atoms with van der Waals surface area (Å²) in [6.07, 6.45) is 12.3. The molecule has 0 spiro atoms. The minimum Gasteiger partial charge on any atom is -0.374 e. The van der Waals surface area contributed by atoms with E-state index in [4.69, 9.17) is 22.3 Å². The predicted molar refractivity (Wildman–Crippen MR) is 174 cm³/mol. The van der Waals surface area contributed by atoms with Gasteiger partial charge in [0.1, 0.15) is 6.23 Å². The van der Waals surface area contributed by atoms with Crippen LogP contribution in [0.2, 0.25) is 5.02 Å². The molecule has 8 nitrogen and oxygen atoms in total. The summed E-state index contributed by atoms with van der Waals surface area (Å²) in [6.45, 7) is 13.4. The zero-order valence-electron chi connectivity index (χ0n) is 24.9. The monoisotopic (exact) mass is 579 g/mol. The number of rotatable bonds is 12. The van der Waals surface area contributed by atoms with Gasteiger partial charge in [-0.3, -0.25) is 4.90 Å². The summed E-state index contributed by atoms with van der Waals surface area (Å²) in [7, 11) is 1.93. The van der Waals surface area contributed by atoms with Crippen LogP contribution in [0, 0.1) is 0 Å². The molecule has 5 N–H and O–H groups in total. The van der Waals surface area contributed by atoms with Crippen LogP contribution in [-0.2, 0) is 6.54 Å². The predicted octanol–water partition coefficient (Wildman–Crippen LogP) is 6.40. The van der Waals surface area contributed by atoms with E-state index in [1.165, 1.54) is 5.56 Å². The molecule has 2 aromatic heterocycles. The fraction of sp³-hybridized carbons (Fsp3) is 0.438. The van der Waals surface area contributed by atoms with Crippen molar-refractivity contribution < 1.29 is 5.11 Å². The van der Waals surface area contributed by atoms with Crippen LogP contribution in [0.25, 0.3) is 23.4 Å². The highest BCUT2D eigenvalue weighted by atomic mass is 35.5. The molecule has 1 unspecified atom stereocenters. The number of benzene rings is 1. The number of hydrogen-bond acceptors (Lipinski definition) is 7. The molecule has 1 fully saturated rings. The SMILES string of the molecule is C=Cc1c(-c2nc(NC3CCN(Cc4cccc(N(C)C(O)CCCN)c4)CC3)ncc2Cl)c[nH]c1/C=C\C.CC. The highest BCUT2D eigenvalue weighted by molar-refractivity contribution is 6.33. The zero-order chi connectivity index (χ0) is 29.8. The van der Waals surface area contributed by atoms with Crippen molar-refractivity contribution in [1.29, 1.82) is 0 Å². The van der Waals surface area contributed by atoms with Gasteiger partial charge in [0.05, 0.1) is 16.9 Å². The summed E-state index contributed by atoms with van der Waals surface area (Å²) in [5.41, 5.74) is 11.4. The average molecular weight is 580 g/mol. The van der Waals surface area contributed by atoms with Crippen molar-refractivity contribution in [3.8, 4) is 11.3 Å². The molecule has 0 aliphatic carbocycles. The number of aromatic amines is 1. The summed E-state index contributed by atoms with van der Waals surface area (Å²) >= 11 is 6.51. The van der Waals surface area contributed by atoms with Gasteiger partial charge in [0, 0.05) is 61.4 Å². The Morgan fingerprint density at radius 3 is 2.76 bits per heavy atom. The zero-order valence-corrected chi connectivity index (χ0v) is 25.7. The third-order valence-electron chi connectivity index (χ3n) is 7.25.